The zero-order chi connectivity index (χ0) is 24.4. The third-order valence-electron chi connectivity index (χ3n) is 7.63. The summed E-state index contributed by atoms with van der Waals surface area (Å²) in [5, 5.41) is 4.42. The summed E-state index contributed by atoms with van der Waals surface area (Å²) >= 11 is 0. The van der Waals surface area contributed by atoms with Crippen molar-refractivity contribution in [1.82, 2.24) is 15.0 Å². The second-order valence-corrected chi connectivity index (χ2v) is 9.35. The van der Waals surface area contributed by atoms with Crippen LogP contribution in [0.5, 0.6) is 17.2 Å². The second-order valence-electron chi connectivity index (χ2n) is 9.35. The standard InChI is InChI=1S/C29H26N4O3/c1-34-21-13-6-9-17-25-23(36-3)15-33-19(27(25)32-26(17)21)11-7-12-20(33)28-29-24(22(35-2)14-30-28)16-8-4-5-10-18(16)31-29/h4-6,8-10,13-15,20H,7,11-12H2,1-3H3,(H,30,31)/p+1/t20-/m0/s1. The summed E-state index contributed by atoms with van der Waals surface area (Å²) < 4.78 is 19.7. The van der Waals surface area contributed by atoms with E-state index < -0.39 is 0 Å². The molecule has 0 spiro atoms. The predicted molar refractivity (Wildman–Crippen MR) is 140 cm³/mol. The van der Waals surface area contributed by atoms with Crippen LogP contribution < -0.4 is 18.8 Å². The molecule has 7 rings (SSSR count). The molecule has 0 amide bonds. The van der Waals surface area contributed by atoms with Crippen LogP contribution in [0, 0.1) is 0 Å². The molecule has 0 radical (unpaired) electrons. The Morgan fingerprint density at radius 1 is 0.806 bits per heavy atom. The average molecular weight is 480 g/mol. The van der Waals surface area contributed by atoms with E-state index in [4.69, 9.17) is 19.2 Å². The first-order valence-electron chi connectivity index (χ1n) is 12.3. The molecule has 0 saturated carbocycles. The third kappa shape index (κ3) is 2.80. The lowest BCUT2D eigenvalue weighted by Crippen LogP contribution is -2.47. The zero-order valence-electron chi connectivity index (χ0n) is 20.5. The van der Waals surface area contributed by atoms with Crippen molar-refractivity contribution < 1.29 is 18.8 Å². The number of para-hydroxylation sites is 2. The van der Waals surface area contributed by atoms with Crippen LogP contribution in [0.3, 0.4) is 0 Å². The van der Waals surface area contributed by atoms with Gasteiger partial charge in [0.25, 0.3) is 0 Å². The molecule has 0 fully saturated rings. The molecule has 2 N–H and O–H groups in total. The van der Waals surface area contributed by atoms with Gasteiger partial charge in [-0.1, -0.05) is 30.3 Å². The minimum absolute atomic E-state index is 0.0572. The molecule has 180 valence electrons. The molecule has 6 aromatic rings. The van der Waals surface area contributed by atoms with Gasteiger partial charge >= 0.3 is 0 Å². The number of ether oxygens (including phenoxy) is 3. The molecule has 0 unspecified atom stereocenters. The van der Waals surface area contributed by atoms with E-state index in [9.17, 15) is 0 Å². The van der Waals surface area contributed by atoms with Gasteiger partial charge in [0.15, 0.2) is 5.75 Å². The molecule has 0 bridgehead atoms. The number of aromatic amines is 2. The first kappa shape index (κ1) is 21.1. The highest BCUT2D eigenvalue weighted by Gasteiger charge is 2.36. The number of benzene rings is 2. The Morgan fingerprint density at radius 2 is 1.58 bits per heavy atom. The summed E-state index contributed by atoms with van der Waals surface area (Å²) in [4.78, 5) is 12.3. The Hall–Kier alpha value is -4.26. The number of pyridine rings is 2. The van der Waals surface area contributed by atoms with E-state index in [0.29, 0.717) is 0 Å². The highest BCUT2D eigenvalue weighted by molar-refractivity contribution is 6.13. The van der Waals surface area contributed by atoms with Crippen LogP contribution >= 0.6 is 0 Å². The van der Waals surface area contributed by atoms with Gasteiger partial charge in [0.2, 0.25) is 17.9 Å². The fraction of sp³-hybridized carbons (Fsp3) is 0.241. The molecule has 0 aliphatic carbocycles. The average Bonchev–Trinajstić information content (AvgIpc) is 3.51. The summed E-state index contributed by atoms with van der Waals surface area (Å²) in [5.41, 5.74) is 6.46. The Bertz CT molecular complexity index is 1800. The first-order valence-corrected chi connectivity index (χ1v) is 12.3. The van der Waals surface area contributed by atoms with Crippen molar-refractivity contribution >= 4 is 43.6 Å². The maximum atomic E-state index is 5.96. The van der Waals surface area contributed by atoms with Crippen LogP contribution in [0.15, 0.2) is 54.9 Å². The first-order chi connectivity index (χ1) is 17.7. The van der Waals surface area contributed by atoms with E-state index in [1.54, 1.807) is 21.3 Å². The Labute approximate surface area is 207 Å². The minimum Gasteiger partial charge on any atom is -0.495 e. The van der Waals surface area contributed by atoms with E-state index in [-0.39, 0.29) is 6.04 Å². The normalized spacial score (nSPS) is 15.6. The molecule has 5 heterocycles. The van der Waals surface area contributed by atoms with Gasteiger partial charge in [0.05, 0.1) is 49.3 Å². The summed E-state index contributed by atoms with van der Waals surface area (Å²) in [6.07, 6.45) is 7.02. The van der Waals surface area contributed by atoms with Crippen molar-refractivity contribution in [2.45, 2.75) is 25.3 Å². The highest BCUT2D eigenvalue weighted by atomic mass is 16.5. The van der Waals surface area contributed by atoms with Crippen molar-refractivity contribution in [2.75, 3.05) is 21.3 Å². The molecule has 7 heteroatoms. The number of H-pyrrole nitrogens is 2. The topological polar surface area (TPSA) is 76.0 Å². The summed E-state index contributed by atoms with van der Waals surface area (Å²) in [5.74, 6) is 2.44. The Balaban J connectivity index is 1.52. The van der Waals surface area contributed by atoms with Crippen LogP contribution in [0.4, 0.5) is 0 Å². The lowest BCUT2D eigenvalue weighted by atomic mass is 9.95. The van der Waals surface area contributed by atoms with Crippen molar-refractivity contribution in [1.29, 1.82) is 0 Å². The van der Waals surface area contributed by atoms with Crippen LogP contribution in [0.25, 0.3) is 43.6 Å². The maximum Gasteiger partial charge on any atom is 0.212 e. The summed E-state index contributed by atoms with van der Waals surface area (Å²) in [7, 11) is 5.15. The number of nitrogens with zero attached hydrogens (tertiary/aromatic N) is 2. The number of methoxy groups -OCH3 is 3. The van der Waals surface area contributed by atoms with Crippen LogP contribution in [0.2, 0.25) is 0 Å². The second kappa shape index (κ2) is 7.88. The van der Waals surface area contributed by atoms with Gasteiger partial charge in [-0.3, -0.25) is 0 Å². The number of aryl methyl sites for hydroxylation is 1. The van der Waals surface area contributed by atoms with E-state index in [2.05, 4.69) is 45.0 Å². The molecule has 7 nitrogen and oxygen atoms in total. The van der Waals surface area contributed by atoms with Crippen molar-refractivity contribution in [3.63, 3.8) is 0 Å². The fourth-order valence-electron chi connectivity index (χ4n) is 6.04. The van der Waals surface area contributed by atoms with E-state index in [0.717, 1.165) is 85.8 Å². The predicted octanol–water partition coefficient (Wildman–Crippen LogP) is 5.59. The Kier molecular flexibility index (Phi) is 4.61. The molecule has 1 aliphatic heterocycles. The minimum atomic E-state index is 0.0572. The smallest absolute Gasteiger partial charge is 0.212 e. The molecule has 0 saturated heterocycles. The van der Waals surface area contributed by atoms with Gasteiger partial charge in [-0.2, -0.15) is 4.57 Å². The number of nitrogens with one attached hydrogen (secondary N) is 2. The fourth-order valence-corrected chi connectivity index (χ4v) is 6.04. The van der Waals surface area contributed by atoms with Crippen molar-refractivity contribution in [3.8, 4) is 17.2 Å². The van der Waals surface area contributed by atoms with Gasteiger partial charge in [-0.05, 0) is 18.6 Å². The largest absolute Gasteiger partial charge is 0.495 e. The molecule has 1 atom stereocenters. The quantitative estimate of drug-likeness (QED) is 0.323. The van der Waals surface area contributed by atoms with Gasteiger partial charge < -0.3 is 24.2 Å². The maximum absolute atomic E-state index is 5.96. The van der Waals surface area contributed by atoms with Crippen molar-refractivity contribution in [2.24, 2.45) is 0 Å². The highest BCUT2D eigenvalue weighted by Crippen LogP contribution is 2.41. The molecule has 1 aliphatic rings. The van der Waals surface area contributed by atoms with Crippen LogP contribution in [-0.4, -0.2) is 36.3 Å². The van der Waals surface area contributed by atoms with E-state index >= 15 is 0 Å². The SMILES string of the molecule is COc1cccc2c1[nH]c1c3[n+](cc(OC)c12)[C@H](c1ncc(OC)c2c1[nH]c1ccccc12)CCC3. The van der Waals surface area contributed by atoms with Gasteiger partial charge in [0, 0.05) is 29.1 Å². The summed E-state index contributed by atoms with van der Waals surface area (Å²) in [6, 6.07) is 14.5. The van der Waals surface area contributed by atoms with Gasteiger partial charge in [0.1, 0.15) is 22.7 Å². The monoisotopic (exact) mass is 479 g/mol. The number of hydrogen-bond acceptors (Lipinski definition) is 4. The third-order valence-corrected chi connectivity index (χ3v) is 7.63. The molecular formula is C29H27N4O3+. The van der Waals surface area contributed by atoms with E-state index in [1.807, 2.05) is 24.4 Å². The molecular weight excluding hydrogens is 452 g/mol. The van der Waals surface area contributed by atoms with Crippen LogP contribution in [0.1, 0.15) is 30.3 Å². The number of hydrogen-bond donors (Lipinski definition) is 2. The number of rotatable bonds is 4. The van der Waals surface area contributed by atoms with E-state index in [1.165, 1.54) is 5.69 Å². The summed E-state index contributed by atoms with van der Waals surface area (Å²) in [6.45, 7) is 0. The lowest BCUT2D eigenvalue weighted by molar-refractivity contribution is -0.725. The molecule has 2 aromatic carbocycles. The van der Waals surface area contributed by atoms with Gasteiger partial charge in [-0.15, -0.1) is 0 Å². The van der Waals surface area contributed by atoms with Crippen LogP contribution in [-0.2, 0) is 6.42 Å². The molecule has 4 aromatic heterocycles. The van der Waals surface area contributed by atoms with Gasteiger partial charge in [-0.25, -0.2) is 4.98 Å². The zero-order valence-corrected chi connectivity index (χ0v) is 20.5. The Morgan fingerprint density at radius 3 is 2.42 bits per heavy atom. The number of aromatic nitrogens is 4. The lowest BCUT2D eigenvalue weighted by Gasteiger charge is -2.21. The molecule has 36 heavy (non-hydrogen) atoms. The van der Waals surface area contributed by atoms with Crippen molar-refractivity contribution in [3.05, 3.63) is 66.2 Å². The number of fused-ring (bicyclic) bond motifs is 8.